The van der Waals surface area contributed by atoms with Crippen molar-refractivity contribution in [2.75, 3.05) is 17.3 Å². The minimum Gasteiger partial charge on any atom is -0.497 e. The Hall–Kier alpha value is -3.72. The zero-order valence-electron chi connectivity index (χ0n) is 20.3. The summed E-state index contributed by atoms with van der Waals surface area (Å²) in [6.45, 7) is 5.62. The van der Waals surface area contributed by atoms with Crippen molar-refractivity contribution in [1.82, 2.24) is 10.3 Å². The van der Waals surface area contributed by atoms with E-state index in [1.807, 2.05) is 45.0 Å². The second-order valence-electron chi connectivity index (χ2n) is 8.27. The number of para-hydroxylation sites is 1. The number of amides is 3. The lowest BCUT2D eigenvalue weighted by molar-refractivity contribution is -0.127. The Bertz CT molecular complexity index is 1150. The van der Waals surface area contributed by atoms with E-state index in [-0.39, 0.29) is 36.6 Å². The number of aryl methyl sites for hydroxylation is 1. The molecule has 0 radical (unpaired) electrons. The Morgan fingerprint density at radius 2 is 1.77 bits per heavy atom. The van der Waals surface area contributed by atoms with Crippen LogP contribution in [0.4, 0.5) is 10.8 Å². The summed E-state index contributed by atoms with van der Waals surface area (Å²) in [7, 11) is 1.57. The Labute approximate surface area is 209 Å². The van der Waals surface area contributed by atoms with Gasteiger partial charge in [0.1, 0.15) is 11.8 Å². The van der Waals surface area contributed by atoms with Crippen molar-refractivity contribution in [1.29, 1.82) is 0 Å². The molecule has 3 amide bonds. The average Bonchev–Trinajstić information content (AvgIpc) is 3.34. The summed E-state index contributed by atoms with van der Waals surface area (Å²) in [6, 6.07) is 13.4. The molecule has 0 spiro atoms. The molecule has 0 fully saturated rings. The third-order valence-electron chi connectivity index (χ3n) is 5.26. The zero-order valence-corrected chi connectivity index (χ0v) is 21.1. The van der Waals surface area contributed by atoms with Crippen LogP contribution in [0, 0.1) is 6.92 Å². The van der Waals surface area contributed by atoms with Gasteiger partial charge in [-0.2, -0.15) is 0 Å². The SMILES string of the molecule is COc1ccc([C@@H](C(=O)NC(C)C)N(C(=O)CCC(=O)Nc2nccs2)c2ccccc2C)cc1. The molecule has 3 rings (SSSR count). The Kier molecular flexibility index (Phi) is 8.97. The number of hydrogen-bond acceptors (Lipinski definition) is 6. The number of anilines is 2. The summed E-state index contributed by atoms with van der Waals surface area (Å²) < 4.78 is 5.26. The molecule has 8 nitrogen and oxygen atoms in total. The van der Waals surface area contributed by atoms with Crippen LogP contribution >= 0.6 is 11.3 Å². The van der Waals surface area contributed by atoms with E-state index in [0.717, 1.165) is 5.56 Å². The van der Waals surface area contributed by atoms with Gasteiger partial charge in [-0.25, -0.2) is 4.98 Å². The van der Waals surface area contributed by atoms with Crippen LogP contribution in [0.2, 0.25) is 0 Å². The number of methoxy groups -OCH3 is 1. The highest BCUT2D eigenvalue weighted by Crippen LogP contribution is 2.32. The quantitative estimate of drug-likeness (QED) is 0.433. The third kappa shape index (κ3) is 6.89. The standard InChI is InChI=1S/C26H30N4O4S/c1-17(2)28-25(33)24(19-9-11-20(34-4)12-10-19)30(21-8-6-5-7-18(21)3)23(32)14-13-22(31)29-26-27-15-16-35-26/h5-12,15-17,24H,13-14H2,1-4H3,(H,28,33)(H,27,29,31)/t24-/m0/s1. The number of nitrogens with one attached hydrogen (secondary N) is 2. The van der Waals surface area contributed by atoms with Gasteiger partial charge in [0.15, 0.2) is 5.13 Å². The van der Waals surface area contributed by atoms with E-state index in [4.69, 9.17) is 4.74 Å². The molecule has 0 bridgehead atoms. The predicted octanol–water partition coefficient (Wildman–Crippen LogP) is 4.48. The van der Waals surface area contributed by atoms with Gasteiger partial charge in [-0.05, 0) is 50.1 Å². The summed E-state index contributed by atoms with van der Waals surface area (Å²) in [4.78, 5) is 45.1. The molecule has 184 valence electrons. The molecule has 1 aromatic heterocycles. The van der Waals surface area contributed by atoms with Crippen molar-refractivity contribution < 1.29 is 19.1 Å². The first kappa shape index (κ1) is 25.9. The lowest BCUT2D eigenvalue weighted by Gasteiger charge is -2.33. The van der Waals surface area contributed by atoms with Gasteiger partial charge >= 0.3 is 0 Å². The average molecular weight is 495 g/mol. The minimum absolute atomic E-state index is 0.0398. The smallest absolute Gasteiger partial charge is 0.248 e. The van der Waals surface area contributed by atoms with Gasteiger partial charge in [0.25, 0.3) is 0 Å². The molecule has 0 saturated heterocycles. The second kappa shape index (κ2) is 12.1. The maximum Gasteiger partial charge on any atom is 0.248 e. The molecule has 0 aliphatic heterocycles. The zero-order chi connectivity index (χ0) is 25.4. The minimum atomic E-state index is -0.932. The number of hydrogen-bond donors (Lipinski definition) is 2. The lowest BCUT2D eigenvalue weighted by atomic mass is 10.0. The summed E-state index contributed by atoms with van der Waals surface area (Å²) in [5.74, 6) is -0.322. The summed E-state index contributed by atoms with van der Waals surface area (Å²) in [6.07, 6.45) is 1.48. The molecule has 0 aliphatic rings. The van der Waals surface area contributed by atoms with Crippen molar-refractivity contribution in [2.24, 2.45) is 0 Å². The molecular weight excluding hydrogens is 464 g/mol. The molecule has 0 saturated carbocycles. The van der Waals surface area contributed by atoms with Gasteiger partial charge in [-0.1, -0.05) is 30.3 Å². The topological polar surface area (TPSA) is 101 Å². The van der Waals surface area contributed by atoms with Crippen LogP contribution in [0.15, 0.2) is 60.1 Å². The number of carbonyl (C=O) groups excluding carboxylic acids is 3. The van der Waals surface area contributed by atoms with Gasteiger partial charge in [0, 0.05) is 36.1 Å². The van der Waals surface area contributed by atoms with Crippen LogP contribution in [0.25, 0.3) is 0 Å². The molecule has 9 heteroatoms. The van der Waals surface area contributed by atoms with E-state index in [0.29, 0.717) is 22.1 Å². The molecule has 2 aromatic carbocycles. The maximum absolute atomic E-state index is 13.7. The van der Waals surface area contributed by atoms with Crippen LogP contribution in [0.1, 0.15) is 43.9 Å². The predicted molar refractivity (Wildman–Crippen MR) is 138 cm³/mol. The number of ether oxygens (including phenoxy) is 1. The first-order chi connectivity index (χ1) is 16.8. The van der Waals surface area contributed by atoms with Crippen molar-refractivity contribution in [3.8, 4) is 5.75 Å². The van der Waals surface area contributed by atoms with E-state index in [9.17, 15) is 14.4 Å². The number of aromatic nitrogens is 1. The van der Waals surface area contributed by atoms with E-state index < -0.39 is 6.04 Å². The van der Waals surface area contributed by atoms with E-state index in [1.165, 1.54) is 16.2 Å². The fourth-order valence-electron chi connectivity index (χ4n) is 3.63. The van der Waals surface area contributed by atoms with Crippen molar-refractivity contribution in [3.63, 3.8) is 0 Å². The highest BCUT2D eigenvalue weighted by molar-refractivity contribution is 7.13. The molecule has 2 N–H and O–H groups in total. The van der Waals surface area contributed by atoms with Crippen LogP contribution in [-0.4, -0.2) is 35.9 Å². The summed E-state index contributed by atoms with van der Waals surface area (Å²) in [5, 5.41) is 7.87. The molecule has 3 aromatic rings. The Balaban J connectivity index is 1.96. The van der Waals surface area contributed by atoms with Gasteiger partial charge in [-0.15, -0.1) is 11.3 Å². The molecular formula is C26H30N4O4S. The highest BCUT2D eigenvalue weighted by Gasteiger charge is 2.33. The van der Waals surface area contributed by atoms with E-state index >= 15 is 0 Å². The number of benzene rings is 2. The van der Waals surface area contributed by atoms with E-state index in [1.54, 1.807) is 43.0 Å². The number of carbonyl (C=O) groups is 3. The van der Waals surface area contributed by atoms with Gasteiger partial charge in [0.2, 0.25) is 17.7 Å². The first-order valence-corrected chi connectivity index (χ1v) is 12.2. The van der Waals surface area contributed by atoms with Crippen molar-refractivity contribution in [2.45, 2.75) is 45.7 Å². The normalized spacial score (nSPS) is 11.6. The summed E-state index contributed by atoms with van der Waals surface area (Å²) >= 11 is 1.30. The monoisotopic (exact) mass is 494 g/mol. The fourth-order valence-corrected chi connectivity index (χ4v) is 4.17. The van der Waals surface area contributed by atoms with Crippen LogP contribution in [0.3, 0.4) is 0 Å². The fraction of sp³-hybridized carbons (Fsp3) is 0.308. The molecule has 1 heterocycles. The Morgan fingerprint density at radius 3 is 2.37 bits per heavy atom. The van der Waals surface area contributed by atoms with E-state index in [2.05, 4.69) is 15.6 Å². The largest absolute Gasteiger partial charge is 0.497 e. The molecule has 35 heavy (non-hydrogen) atoms. The second-order valence-corrected chi connectivity index (χ2v) is 9.17. The van der Waals surface area contributed by atoms with Crippen LogP contribution < -0.4 is 20.3 Å². The van der Waals surface area contributed by atoms with Gasteiger partial charge in [-0.3, -0.25) is 19.3 Å². The van der Waals surface area contributed by atoms with Crippen molar-refractivity contribution in [3.05, 3.63) is 71.2 Å². The molecule has 0 aliphatic carbocycles. The lowest BCUT2D eigenvalue weighted by Crippen LogP contribution is -2.46. The number of thiazole rings is 1. The van der Waals surface area contributed by atoms with Gasteiger partial charge < -0.3 is 15.4 Å². The van der Waals surface area contributed by atoms with Crippen LogP contribution in [0.5, 0.6) is 5.75 Å². The first-order valence-electron chi connectivity index (χ1n) is 11.3. The van der Waals surface area contributed by atoms with Gasteiger partial charge in [0.05, 0.1) is 7.11 Å². The summed E-state index contributed by atoms with van der Waals surface area (Å²) in [5.41, 5.74) is 2.08. The maximum atomic E-state index is 13.7. The Morgan fingerprint density at radius 1 is 1.06 bits per heavy atom. The molecule has 1 atom stereocenters. The van der Waals surface area contributed by atoms with Crippen LogP contribution in [-0.2, 0) is 14.4 Å². The number of rotatable bonds is 10. The third-order valence-corrected chi connectivity index (χ3v) is 5.95. The number of nitrogens with zero attached hydrogens (tertiary/aromatic N) is 2. The highest BCUT2D eigenvalue weighted by atomic mass is 32.1. The molecule has 0 unspecified atom stereocenters. The van der Waals surface area contributed by atoms with Crippen molar-refractivity contribution >= 4 is 39.9 Å².